The predicted molar refractivity (Wildman–Crippen MR) is 69.3 cm³/mol. The van der Waals surface area contributed by atoms with Gasteiger partial charge in [-0.25, -0.2) is 0 Å². The molecule has 1 heteroatoms. The standard InChI is InChI=1S/C14H18S/c1-14(2)9-7-11(8-10-14)12-5-3-4-6-13(12)15/h3-7,15H,8-10H2,1-2H3. The monoisotopic (exact) mass is 218 g/mol. The van der Waals surface area contributed by atoms with Crippen LogP contribution < -0.4 is 0 Å². The van der Waals surface area contributed by atoms with Crippen molar-refractivity contribution in [2.24, 2.45) is 5.41 Å². The summed E-state index contributed by atoms with van der Waals surface area (Å²) in [5.74, 6) is 0. The number of rotatable bonds is 1. The Balaban J connectivity index is 2.27. The second kappa shape index (κ2) is 4.05. The number of benzene rings is 1. The lowest BCUT2D eigenvalue weighted by molar-refractivity contribution is 0.335. The van der Waals surface area contributed by atoms with Crippen molar-refractivity contribution in [2.45, 2.75) is 38.0 Å². The van der Waals surface area contributed by atoms with Crippen LogP contribution in [0.2, 0.25) is 0 Å². The van der Waals surface area contributed by atoms with E-state index >= 15 is 0 Å². The van der Waals surface area contributed by atoms with Crippen molar-refractivity contribution in [3.05, 3.63) is 35.9 Å². The third-order valence-corrected chi connectivity index (χ3v) is 3.61. The van der Waals surface area contributed by atoms with Gasteiger partial charge in [0.2, 0.25) is 0 Å². The zero-order valence-corrected chi connectivity index (χ0v) is 10.3. The van der Waals surface area contributed by atoms with Gasteiger partial charge in [-0.3, -0.25) is 0 Å². The Labute approximate surface area is 97.8 Å². The molecule has 0 unspecified atom stereocenters. The van der Waals surface area contributed by atoms with Gasteiger partial charge in [0, 0.05) is 4.90 Å². The molecule has 0 heterocycles. The lowest BCUT2D eigenvalue weighted by Crippen LogP contribution is -2.14. The van der Waals surface area contributed by atoms with Crippen molar-refractivity contribution in [1.29, 1.82) is 0 Å². The van der Waals surface area contributed by atoms with Crippen LogP contribution in [0.5, 0.6) is 0 Å². The van der Waals surface area contributed by atoms with E-state index in [0.717, 1.165) is 4.90 Å². The molecule has 0 bridgehead atoms. The minimum absolute atomic E-state index is 0.481. The topological polar surface area (TPSA) is 0 Å². The first-order valence-corrected chi connectivity index (χ1v) is 6.01. The molecule has 15 heavy (non-hydrogen) atoms. The number of allylic oxidation sites excluding steroid dienone is 2. The van der Waals surface area contributed by atoms with E-state index in [2.05, 4.69) is 50.8 Å². The maximum atomic E-state index is 4.51. The Hall–Kier alpha value is -0.690. The quantitative estimate of drug-likeness (QED) is 0.656. The molecule has 0 N–H and O–H groups in total. The van der Waals surface area contributed by atoms with E-state index in [9.17, 15) is 0 Å². The molecule has 1 aliphatic carbocycles. The highest BCUT2D eigenvalue weighted by molar-refractivity contribution is 7.80. The van der Waals surface area contributed by atoms with Gasteiger partial charge in [-0.1, -0.05) is 38.1 Å². The molecule has 0 saturated carbocycles. The van der Waals surface area contributed by atoms with Crippen molar-refractivity contribution in [3.63, 3.8) is 0 Å². The molecule has 0 radical (unpaired) electrons. The summed E-state index contributed by atoms with van der Waals surface area (Å²) in [6, 6.07) is 8.38. The summed E-state index contributed by atoms with van der Waals surface area (Å²) >= 11 is 4.51. The van der Waals surface area contributed by atoms with Crippen LogP contribution in [0.25, 0.3) is 5.57 Å². The van der Waals surface area contributed by atoms with Crippen LogP contribution in [-0.2, 0) is 0 Å². The molecule has 80 valence electrons. The molecule has 2 rings (SSSR count). The van der Waals surface area contributed by atoms with Crippen LogP contribution in [0, 0.1) is 5.41 Å². The predicted octanol–water partition coefficient (Wildman–Crippen LogP) is 4.57. The SMILES string of the molecule is CC1(C)CC=C(c2ccccc2S)CC1. The maximum Gasteiger partial charge on any atom is 0.0115 e. The fourth-order valence-corrected chi connectivity index (χ4v) is 2.37. The molecule has 0 nitrogen and oxygen atoms in total. The van der Waals surface area contributed by atoms with E-state index in [1.807, 2.05) is 6.07 Å². The molecule has 0 aliphatic heterocycles. The van der Waals surface area contributed by atoms with Crippen LogP contribution in [-0.4, -0.2) is 0 Å². The summed E-state index contributed by atoms with van der Waals surface area (Å²) in [5, 5.41) is 0. The first-order valence-electron chi connectivity index (χ1n) is 5.56. The van der Waals surface area contributed by atoms with Crippen LogP contribution in [0.1, 0.15) is 38.7 Å². The number of thiol groups is 1. The van der Waals surface area contributed by atoms with Crippen LogP contribution in [0.4, 0.5) is 0 Å². The summed E-state index contributed by atoms with van der Waals surface area (Å²) in [6.45, 7) is 4.68. The van der Waals surface area contributed by atoms with E-state index < -0.39 is 0 Å². The highest BCUT2D eigenvalue weighted by Crippen LogP contribution is 2.39. The molecule has 0 saturated heterocycles. The van der Waals surface area contributed by atoms with E-state index in [4.69, 9.17) is 0 Å². The van der Waals surface area contributed by atoms with Gasteiger partial charge in [0.05, 0.1) is 0 Å². The van der Waals surface area contributed by atoms with Gasteiger partial charge >= 0.3 is 0 Å². The Morgan fingerprint density at radius 3 is 2.53 bits per heavy atom. The Kier molecular flexibility index (Phi) is 2.92. The Morgan fingerprint density at radius 2 is 1.93 bits per heavy atom. The minimum Gasteiger partial charge on any atom is -0.143 e. The molecule has 1 aliphatic rings. The molecule has 1 aromatic rings. The van der Waals surface area contributed by atoms with E-state index in [1.165, 1.54) is 30.4 Å². The third kappa shape index (κ3) is 2.46. The second-order valence-corrected chi connectivity index (χ2v) is 5.60. The molecular formula is C14H18S. The van der Waals surface area contributed by atoms with Gasteiger partial charge in [0.25, 0.3) is 0 Å². The number of hydrogen-bond acceptors (Lipinski definition) is 1. The summed E-state index contributed by atoms with van der Waals surface area (Å²) in [6.07, 6.45) is 6.04. The summed E-state index contributed by atoms with van der Waals surface area (Å²) in [7, 11) is 0. The molecule has 0 atom stereocenters. The smallest absolute Gasteiger partial charge is 0.0115 e. The van der Waals surface area contributed by atoms with Crippen molar-refractivity contribution in [1.82, 2.24) is 0 Å². The molecule has 0 amide bonds. The fourth-order valence-electron chi connectivity index (χ4n) is 2.07. The average molecular weight is 218 g/mol. The summed E-state index contributed by atoms with van der Waals surface area (Å²) in [5.41, 5.74) is 3.27. The number of hydrogen-bond donors (Lipinski definition) is 1. The second-order valence-electron chi connectivity index (χ2n) is 5.11. The van der Waals surface area contributed by atoms with Gasteiger partial charge in [-0.05, 0) is 41.9 Å². The zero-order chi connectivity index (χ0) is 10.9. The molecular weight excluding hydrogens is 200 g/mol. The lowest BCUT2D eigenvalue weighted by Gasteiger charge is -2.29. The normalized spacial score (nSPS) is 19.8. The molecule has 0 fully saturated rings. The largest absolute Gasteiger partial charge is 0.143 e. The van der Waals surface area contributed by atoms with Gasteiger partial charge in [0.1, 0.15) is 0 Å². The highest BCUT2D eigenvalue weighted by Gasteiger charge is 2.22. The van der Waals surface area contributed by atoms with Gasteiger partial charge in [-0.2, -0.15) is 0 Å². The van der Waals surface area contributed by atoms with Gasteiger partial charge in [0.15, 0.2) is 0 Å². The molecule has 1 aromatic carbocycles. The minimum atomic E-state index is 0.481. The fraction of sp³-hybridized carbons (Fsp3) is 0.429. The van der Waals surface area contributed by atoms with Crippen LogP contribution >= 0.6 is 12.6 Å². The average Bonchev–Trinajstić information content (AvgIpc) is 2.19. The molecule has 0 spiro atoms. The maximum absolute atomic E-state index is 4.51. The van der Waals surface area contributed by atoms with Gasteiger partial charge < -0.3 is 0 Å². The molecule has 0 aromatic heterocycles. The van der Waals surface area contributed by atoms with E-state index in [1.54, 1.807) is 0 Å². The summed E-state index contributed by atoms with van der Waals surface area (Å²) < 4.78 is 0. The first kappa shape index (κ1) is 10.8. The first-order chi connectivity index (χ1) is 7.08. The van der Waals surface area contributed by atoms with Crippen molar-refractivity contribution in [2.75, 3.05) is 0 Å². The zero-order valence-electron chi connectivity index (χ0n) is 9.46. The van der Waals surface area contributed by atoms with Gasteiger partial charge in [-0.15, -0.1) is 12.6 Å². The summed E-state index contributed by atoms with van der Waals surface area (Å²) in [4.78, 5) is 1.10. The van der Waals surface area contributed by atoms with Crippen LogP contribution in [0.15, 0.2) is 35.2 Å². The highest BCUT2D eigenvalue weighted by atomic mass is 32.1. The lowest BCUT2D eigenvalue weighted by atomic mass is 9.77. The van der Waals surface area contributed by atoms with E-state index in [0.29, 0.717) is 5.41 Å². The van der Waals surface area contributed by atoms with E-state index in [-0.39, 0.29) is 0 Å². The third-order valence-electron chi connectivity index (χ3n) is 3.22. The van der Waals surface area contributed by atoms with Crippen molar-refractivity contribution >= 4 is 18.2 Å². The Bertz CT molecular complexity index is 388. The Morgan fingerprint density at radius 1 is 1.20 bits per heavy atom. The van der Waals surface area contributed by atoms with Crippen molar-refractivity contribution in [3.8, 4) is 0 Å². The van der Waals surface area contributed by atoms with Crippen molar-refractivity contribution < 1.29 is 0 Å². The van der Waals surface area contributed by atoms with Crippen LogP contribution in [0.3, 0.4) is 0 Å².